The number of fused-ring (bicyclic) bond motifs is 1. The van der Waals surface area contributed by atoms with Gasteiger partial charge in [-0.2, -0.15) is 5.10 Å². The van der Waals surface area contributed by atoms with E-state index in [9.17, 15) is 4.79 Å². The number of hydrogen-bond acceptors (Lipinski definition) is 3. The second-order valence-electron chi connectivity index (χ2n) is 5.84. The maximum Gasteiger partial charge on any atom is 0.250 e. The largest absolute Gasteiger partial charge is 0.366 e. The van der Waals surface area contributed by atoms with Gasteiger partial charge in [0.05, 0.1) is 11.1 Å². The lowest BCUT2D eigenvalue weighted by Crippen LogP contribution is -2.46. The number of piperidine rings is 1. The Kier molecular flexibility index (Phi) is 3.01. The van der Waals surface area contributed by atoms with Crippen LogP contribution in [-0.4, -0.2) is 28.8 Å². The van der Waals surface area contributed by atoms with Crippen LogP contribution in [0.2, 0.25) is 0 Å². The summed E-state index contributed by atoms with van der Waals surface area (Å²) in [6.07, 6.45) is 2.22. The Labute approximate surface area is 118 Å². The SMILES string of the molecule is Cc1c2cccc(C(N)=O)c2nn1C1(C)CCCNC1. The molecular weight excluding hydrogens is 252 g/mol. The van der Waals surface area contributed by atoms with Crippen LogP contribution in [0.4, 0.5) is 0 Å². The number of hydrogen-bond donors (Lipinski definition) is 2. The molecule has 0 saturated carbocycles. The Bertz CT molecular complexity index is 668. The molecular formula is C15H20N4O. The molecule has 5 nitrogen and oxygen atoms in total. The Hall–Kier alpha value is -1.88. The molecule has 1 aromatic heterocycles. The predicted octanol–water partition coefficient (Wildman–Crippen LogP) is 1.54. The summed E-state index contributed by atoms with van der Waals surface area (Å²) in [6.45, 7) is 6.22. The lowest BCUT2D eigenvalue weighted by atomic mass is 9.92. The zero-order valence-corrected chi connectivity index (χ0v) is 11.9. The van der Waals surface area contributed by atoms with Crippen LogP contribution in [0.25, 0.3) is 10.9 Å². The van der Waals surface area contributed by atoms with Crippen LogP contribution in [-0.2, 0) is 5.54 Å². The molecule has 1 saturated heterocycles. The van der Waals surface area contributed by atoms with E-state index in [-0.39, 0.29) is 5.54 Å². The minimum Gasteiger partial charge on any atom is -0.366 e. The Morgan fingerprint density at radius 1 is 1.50 bits per heavy atom. The Morgan fingerprint density at radius 2 is 2.30 bits per heavy atom. The first-order valence-electron chi connectivity index (χ1n) is 7.02. The van der Waals surface area contributed by atoms with E-state index in [1.807, 2.05) is 12.1 Å². The molecule has 1 amide bonds. The molecule has 1 aliphatic heterocycles. The first-order chi connectivity index (χ1) is 9.53. The maximum atomic E-state index is 11.6. The number of primary amides is 1. The van der Waals surface area contributed by atoms with Gasteiger partial charge in [0.2, 0.25) is 0 Å². The van der Waals surface area contributed by atoms with E-state index < -0.39 is 5.91 Å². The van der Waals surface area contributed by atoms with Gasteiger partial charge in [-0.25, -0.2) is 0 Å². The fourth-order valence-electron chi connectivity index (χ4n) is 3.18. The molecule has 0 spiro atoms. The summed E-state index contributed by atoms with van der Waals surface area (Å²) in [5, 5.41) is 9.14. The summed E-state index contributed by atoms with van der Waals surface area (Å²) in [5.74, 6) is -0.424. The minimum atomic E-state index is -0.424. The average molecular weight is 272 g/mol. The van der Waals surface area contributed by atoms with E-state index in [0.717, 1.165) is 37.0 Å². The minimum absolute atomic E-state index is 0.0454. The van der Waals surface area contributed by atoms with Crippen LogP contribution >= 0.6 is 0 Å². The molecule has 1 unspecified atom stereocenters. The third-order valence-corrected chi connectivity index (χ3v) is 4.30. The zero-order chi connectivity index (χ0) is 14.3. The van der Waals surface area contributed by atoms with Crippen molar-refractivity contribution >= 4 is 16.8 Å². The monoisotopic (exact) mass is 272 g/mol. The van der Waals surface area contributed by atoms with Gasteiger partial charge in [-0.1, -0.05) is 12.1 Å². The van der Waals surface area contributed by atoms with Gasteiger partial charge in [0, 0.05) is 17.6 Å². The van der Waals surface area contributed by atoms with Crippen molar-refractivity contribution in [1.82, 2.24) is 15.1 Å². The van der Waals surface area contributed by atoms with Gasteiger partial charge in [-0.3, -0.25) is 9.48 Å². The maximum absolute atomic E-state index is 11.6. The summed E-state index contributed by atoms with van der Waals surface area (Å²) in [7, 11) is 0. The number of aryl methyl sites for hydroxylation is 1. The molecule has 0 radical (unpaired) electrons. The quantitative estimate of drug-likeness (QED) is 0.871. The van der Waals surface area contributed by atoms with Crippen molar-refractivity contribution in [2.24, 2.45) is 5.73 Å². The van der Waals surface area contributed by atoms with E-state index in [2.05, 4.69) is 23.8 Å². The topological polar surface area (TPSA) is 72.9 Å². The number of amides is 1. The summed E-state index contributed by atoms with van der Waals surface area (Å²) in [4.78, 5) is 11.6. The fourth-order valence-corrected chi connectivity index (χ4v) is 3.18. The van der Waals surface area contributed by atoms with Crippen LogP contribution in [0, 0.1) is 6.92 Å². The third kappa shape index (κ3) is 1.89. The summed E-state index contributed by atoms with van der Waals surface area (Å²) < 4.78 is 2.07. The normalized spacial score (nSPS) is 23.1. The zero-order valence-electron chi connectivity index (χ0n) is 11.9. The van der Waals surface area contributed by atoms with Gasteiger partial charge in [-0.05, 0) is 39.3 Å². The fraction of sp³-hybridized carbons (Fsp3) is 0.467. The number of nitrogens with zero attached hydrogens (tertiary/aromatic N) is 2. The van der Waals surface area contributed by atoms with Crippen LogP contribution < -0.4 is 11.1 Å². The molecule has 1 atom stereocenters. The molecule has 5 heteroatoms. The van der Waals surface area contributed by atoms with Crippen molar-refractivity contribution in [3.8, 4) is 0 Å². The summed E-state index contributed by atoms with van der Waals surface area (Å²) in [5.41, 5.74) is 7.71. The van der Waals surface area contributed by atoms with Crippen LogP contribution in [0.15, 0.2) is 18.2 Å². The van der Waals surface area contributed by atoms with Crippen molar-refractivity contribution < 1.29 is 4.79 Å². The molecule has 2 aromatic rings. The van der Waals surface area contributed by atoms with Crippen molar-refractivity contribution in [2.75, 3.05) is 13.1 Å². The standard InChI is InChI=1S/C15H20N4O/c1-10-11-5-3-6-12(14(16)20)13(11)18-19(10)15(2)7-4-8-17-9-15/h3,5-6,17H,4,7-9H2,1-2H3,(H2,16,20). The highest BCUT2D eigenvalue weighted by Gasteiger charge is 2.31. The van der Waals surface area contributed by atoms with Crippen LogP contribution in [0.3, 0.4) is 0 Å². The van der Waals surface area contributed by atoms with Gasteiger partial charge in [-0.15, -0.1) is 0 Å². The summed E-state index contributed by atoms with van der Waals surface area (Å²) in [6, 6.07) is 5.60. The molecule has 0 bridgehead atoms. The van der Waals surface area contributed by atoms with Crippen molar-refractivity contribution in [2.45, 2.75) is 32.2 Å². The second-order valence-corrected chi connectivity index (χ2v) is 5.84. The first kappa shape index (κ1) is 13.1. The first-order valence-corrected chi connectivity index (χ1v) is 7.02. The lowest BCUT2D eigenvalue weighted by molar-refractivity contribution is 0.100. The van der Waals surface area contributed by atoms with Crippen molar-refractivity contribution in [3.63, 3.8) is 0 Å². The van der Waals surface area contributed by atoms with Gasteiger partial charge in [0.25, 0.3) is 5.91 Å². The van der Waals surface area contributed by atoms with Gasteiger partial charge >= 0.3 is 0 Å². The number of carbonyl (C=O) groups excluding carboxylic acids is 1. The molecule has 3 N–H and O–H groups in total. The Morgan fingerprint density at radius 3 is 2.95 bits per heavy atom. The van der Waals surface area contributed by atoms with E-state index in [1.54, 1.807) is 6.07 Å². The van der Waals surface area contributed by atoms with Crippen LogP contribution in [0.5, 0.6) is 0 Å². The number of benzene rings is 1. The van der Waals surface area contributed by atoms with E-state index >= 15 is 0 Å². The molecule has 1 aromatic carbocycles. The van der Waals surface area contributed by atoms with Gasteiger partial charge < -0.3 is 11.1 Å². The number of nitrogens with two attached hydrogens (primary N) is 1. The molecule has 1 fully saturated rings. The molecule has 1 aliphatic rings. The lowest BCUT2D eigenvalue weighted by Gasteiger charge is -2.35. The van der Waals surface area contributed by atoms with Crippen molar-refractivity contribution in [3.05, 3.63) is 29.5 Å². The number of carbonyl (C=O) groups is 1. The summed E-state index contributed by atoms with van der Waals surface area (Å²) >= 11 is 0. The Balaban J connectivity index is 2.20. The smallest absolute Gasteiger partial charge is 0.250 e. The predicted molar refractivity (Wildman–Crippen MR) is 78.7 cm³/mol. The van der Waals surface area contributed by atoms with Gasteiger partial charge in [0.1, 0.15) is 5.52 Å². The van der Waals surface area contributed by atoms with Gasteiger partial charge in [0.15, 0.2) is 0 Å². The van der Waals surface area contributed by atoms with E-state index in [4.69, 9.17) is 10.8 Å². The highest BCUT2D eigenvalue weighted by atomic mass is 16.1. The number of nitrogens with one attached hydrogen (secondary N) is 1. The second kappa shape index (κ2) is 4.59. The highest BCUT2D eigenvalue weighted by Crippen LogP contribution is 2.30. The number of aromatic nitrogens is 2. The molecule has 0 aliphatic carbocycles. The molecule has 2 heterocycles. The van der Waals surface area contributed by atoms with E-state index in [0.29, 0.717) is 11.1 Å². The molecule has 3 rings (SSSR count). The third-order valence-electron chi connectivity index (χ3n) is 4.30. The molecule has 20 heavy (non-hydrogen) atoms. The average Bonchev–Trinajstić information content (AvgIpc) is 2.78. The van der Waals surface area contributed by atoms with E-state index in [1.165, 1.54) is 0 Å². The molecule has 106 valence electrons. The van der Waals surface area contributed by atoms with Crippen molar-refractivity contribution in [1.29, 1.82) is 0 Å². The van der Waals surface area contributed by atoms with Crippen LogP contribution in [0.1, 0.15) is 35.8 Å². The number of rotatable bonds is 2. The highest BCUT2D eigenvalue weighted by molar-refractivity contribution is 6.05.